The van der Waals surface area contributed by atoms with Crippen LogP contribution >= 0.6 is 11.6 Å². The summed E-state index contributed by atoms with van der Waals surface area (Å²) in [5, 5.41) is 4.75. The molecule has 1 aromatic rings. The molecule has 3 atom stereocenters. The molecule has 1 aromatic carbocycles. The largest absolute Gasteiger partial charge is 0.307 e. The van der Waals surface area contributed by atoms with Gasteiger partial charge in [-0.3, -0.25) is 0 Å². The van der Waals surface area contributed by atoms with E-state index in [-0.39, 0.29) is 0 Å². The predicted octanol–water partition coefficient (Wildman–Crippen LogP) is 5.84. The molecule has 0 aromatic heterocycles. The summed E-state index contributed by atoms with van der Waals surface area (Å²) in [7, 11) is 0. The van der Waals surface area contributed by atoms with Gasteiger partial charge in [-0.05, 0) is 48.3 Å². The second-order valence-electron chi connectivity index (χ2n) is 7.31. The highest BCUT2D eigenvalue weighted by atomic mass is 35.5. The minimum absolute atomic E-state index is 0.429. The van der Waals surface area contributed by atoms with Crippen LogP contribution in [0, 0.1) is 17.8 Å². The highest BCUT2D eigenvalue weighted by molar-refractivity contribution is 6.30. The molecule has 1 saturated carbocycles. The van der Waals surface area contributed by atoms with Crippen molar-refractivity contribution in [1.29, 1.82) is 0 Å². The van der Waals surface area contributed by atoms with Gasteiger partial charge >= 0.3 is 0 Å². The maximum atomic E-state index is 6.02. The van der Waals surface area contributed by atoms with Crippen molar-refractivity contribution in [3.63, 3.8) is 0 Å². The average molecular weight is 308 g/mol. The predicted molar refractivity (Wildman–Crippen MR) is 92.8 cm³/mol. The Hall–Kier alpha value is -0.530. The first-order valence-electron chi connectivity index (χ1n) is 8.49. The molecule has 2 rings (SSSR count). The van der Waals surface area contributed by atoms with E-state index in [9.17, 15) is 0 Å². The Kier molecular flexibility index (Phi) is 6.13. The zero-order valence-corrected chi connectivity index (χ0v) is 14.7. The third-order valence-corrected chi connectivity index (χ3v) is 5.22. The van der Waals surface area contributed by atoms with Crippen molar-refractivity contribution in [2.24, 2.45) is 17.8 Å². The van der Waals surface area contributed by atoms with E-state index in [0.29, 0.717) is 18.0 Å². The Morgan fingerprint density at radius 3 is 2.29 bits per heavy atom. The lowest BCUT2D eigenvalue weighted by Crippen LogP contribution is -2.39. The summed E-state index contributed by atoms with van der Waals surface area (Å²) in [6.07, 6.45) is 5.42. The summed E-state index contributed by atoms with van der Waals surface area (Å²) >= 11 is 6.02. The fourth-order valence-electron chi connectivity index (χ4n) is 3.58. The van der Waals surface area contributed by atoms with Gasteiger partial charge in [-0.25, -0.2) is 0 Å². The molecule has 0 spiro atoms. The Bertz CT molecular complexity index is 424. The van der Waals surface area contributed by atoms with Crippen LogP contribution in [0.25, 0.3) is 0 Å². The normalized spacial score (nSPS) is 24.5. The van der Waals surface area contributed by atoms with E-state index < -0.39 is 0 Å². The summed E-state index contributed by atoms with van der Waals surface area (Å²) in [6.45, 7) is 9.34. The second-order valence-corrected chi connectivity index (χ2v) is 7.74. The average Bonchev–Trinajstić information content (AvgIpc) is 2.46. The van der Waals surface area contributed by atoms with E-state index in [1.165, 1.54) is 31.2 Å². The van der Waals surface area contributed by atoms with Crippen LogP contribution in [0.2, 0.25) is 5.02 Å². The standard InChI is InChI=1S/C19H30ClN/c1-13(2)16-6-5-7-18(12-16)21-19(14(3)4)15-8-10-17(20)11-9-15/h8-11,13-14,16,18-19,21H,5-7,12H2,1-4H3. The van der Waals surface area contributed by atoms with Gasteiger partial charge in [0.25, 0.3) is 0 Å². The van der Waals surface area contributed by atoms with Crippen molar-refractivity contribution in [3.8, 4) is 0 Å². The second kappa shape index (κ2) is 7.65. The van der Waals surface area contributed by atoms with Crippen molar-refractivity contribution >= 4 is 11.6 Å². The van der Waals surface area contributed by atoms with Crippen molar-refractivity contribution in [2.45, 2.75) is 65.5 Å². The summed E-state index contributed by atoms with van der Waals surface area (Å²) in [4.78, 5) is 0. The number of hydrogen-bond acceptors (Lipinski definition) is 1. The van der Waals surface area contributed by atoms with E-state index in [0.717, 1.165) is 16.9 Å². The smallest absolute Gasteiger partial charge is 0.0406 e. The quantitative estimate of drug-likeness (QED) is 0.720. The van der Waals surface area contributed by atoms with Crippen LogP contribution in [-0.4, -0.2) is 6.04 Å². The maximum Gasteiger partial charge on any atom is 0.0406 e. The molecule has 0 saturated heterocycles. The third-order valence-electron chi connectivity index (χ3n) is 4.97. The molecule has 1 N–H and O–H groups in total. The van der Waals surface area contributed by atoms with Gasteiger partial charge in [0.2, 0.25) is 0 Å². The van der Waals surface area contributed by atoms with Crippen LogP contribution in [0.3, 0.4) is 0 Å². The summed E-state index contributed by atoms with van der Waals surface area (Å²) in [5.74, 6) is 2.28. The molecule has 3 unspecified atom stereocenters. The van der Waals surface area contributed by atoms with Crippen molar-refractivity contribution < 1.29 is 0 Å². The molecule has 2 heteroatoms. The molecule has 1 aliphatic carbocycles. The van der Waals surface area contributed by atoms with Crippen LogP contribution in [0.4, 0.5) is 0 Å². The first-order valence-corrected chi connectivity index (χ1v) is 8.86. The Labute approximate surface area is 135 Å². The SMILES string of the molecule is CC(C)C1CCCC(NC(c2ccc(Cl)cc2)C(C)C)C1. The minimum atomic E-state index is 0.429. The minimum Gasteiger partial charge on any atom is -0.307 e. The van der Waals surface area contributed by atoms with E-state index in [2.05, 4.69) is 45.1 Å². The molecule has 1 nitrogen and oxygen atoms in total. The van der Waals surface area contributed by atoms with E-state index in [1.807, 2.05) is 12.1 Å². The fraction of sp³-hybridized carbons (Fsp3) is 0.684. The van der Waals surface area contributed by atoms with Gasteiger partial charge in [0.1, 0.15) is 0 Å². The molecular weight excluding hydrogens is 278 g/mol. The lowest BCUT2D eigenvalue weighted by atomic mass is 9.78. The molecule has 0 aliphatic heterocycles. The molecule has 118 valence electrons. The monoisotopic (exact) mass is 307 g/mol. The Balaban J connectivity index is 2.04. The highest BCUT2D eigenvalue weighted by Gasteiger charge is 2.27. The van der Waals surface area contributed by atoms with E-state index in [1.54, 1.807) is 0 Å². The number of rotatable bonds is 5. The fourth-order valence-corrected chi connectivity index (χ4v) is 3.71. The Morgan fingerprint density at radius 2 is 1.71 bits per heavy atom. The zero-order valence-electron chi connectivity index (χ0n) is 13.9. The summed E-state index contributed by atoms with van der Waals surface area (Å²) in [5.41, 5.74) is 1.36. The molecule has 0 radical (unpaired) electrons. The van der Waals surface area contributed by atoms with Crippen molar-refractivity contribution in [1.82, 2.24) is 5.32 Å². The zero-order chi connectivity index (χ0) is 15.4. The maximum absolute atomic E-state index is 6.02. The van der Waals surface area contributed by atoms with E-state index >= 15 is 0 Å². The summed E-state index contributed by atoms with van der Waals surface area (Å²) in [6, 6.07) is 9.44. The number of halogens is 1. The van der Waals surface area contributed by atoms with Crippen molar-refractivity contribution in [2.75, 3.05) is 0 Å². The molecule has 0 bridgehead atoms. The van der Waals surface area contributed by atoms with Crippen LogP contribution in [0.5, 0.6) is 0 Å². The van der Waals surface area contributed by atoms with Gasteiger partial charge in [0, 0.05) is 17.1 Å². The lowest BCUT2D eigenvalue weighted by Gasteiger charge is -2.36. The van der Waals surface area contributed by atoms with Gasteiger partial charge in [-0.1, -0.05) is 64.3 Å². The number of hydrogen-bond donors (Lipinski definition) is 1. The first-order chi connectivity index (χ1) is 9.97. The molecular formula is C19H30ClN. The van der Waals surface area contributed by atoms with Gasteiger partial charge < -0.3 is 5.32 Å². The third kappa shape index (κ3) is 4.72. The van der Waals surface area contributed by atoms with Gasteiger partial charge in [0.15, 0.2) is 0 Å². The van der Waals surface area contributed by atoms with Crippen LogP contribution in [-0.2, 0) is 0 Å². The molecule has 21 heavy (non-hydrogen) atoms. The van der Waals surface area contributed by atoms with Gasteiger partial charge in [0.05, 0.1) is 0 Å². The molecule has 0 heterocycles. The van der Waals surface area contributed by atoms with Crippen LogP contribution in [0.15, 0.2) is 24.3 Å². The topological polar surface area (TPSA) is 12.0 Å². The van der Waals surface area contributed by atoms with Gasteiger partial charge in [-0.15, -0.1) is 0 Å². The lowest BCUT2D eigenvalue weighted by molar-refractivity contribution is 0.210. The van der Waals surface area contributed by atoms with Crippen molar-refractivity contribution in [3.05, 3.63) is 34.9 Å². The molecule has 0 amide bonds. The first kappa shape index (κ1) is 16.8. The number of nitrogens with one attached hydrogen (secondary N) is 1. The highest BCUT2D eigenvalue weighted by Crippen LogP contribution is 2.32. The summed E-state index contributed by atoms with van der Waals surface area (Å²) < 4.78 is 0. The van der Waals surface area contributed by atoms with Gasteiger partial charge in [-0.2, -0.15) is 0 Å². The Morgan fingerprint density at radius 1 is 1.05 bits per heavy atom. The molecule has 1 aliphatic rings. The van der Waals surface area contributed by atoms with Crippen LogP contribution < -0.4 is 5.32 Å². The van der Waals surface area contributed by atoms with Crippen LogP contribution in [0.1, 0.15) is 65.0 Å². The van der Waals surface area contributed by atoms with E-state index in [4.69, 9.17) is 11.6 Å². The number of benzene rings is 1. The molecule has 1 fully saturated rings.